The molecule has 0 saturated carbocycles. The quantitative estimate of drug-likeness (QED) is 0.104. The lowest BCUT2D eigenvalue weighted by Crippen LogP contribution is -2.59. The first-order valence-corrected chi connectivity index (χ1v) is 19.8. The van der Waals surface area contributed by atoms with Crippen LogP contribution < -0.4 is 10.2 Å². The lowest BCUT2D eigenvalue weighted by Gasteiger charge is -2.39. The normalized spacial score (nSPS) is 25.4. The zero-order chi connectivity index (χ0) is 39.4. The highest BCUT2D eigenvalue weighted by Crippen LogP contribution is 2.61. The molecule has 3 heterocycles. The minimum atomic E-state index is -1.41. The molecule has 3 aliphatic rings. The average Bonchev–Trinajstić information content (AvgIpc) is 3.78. The van der Waals surface area contributed by atoms with Gasteiger partial charge in [0.25, 0.3) is 5.91 Å². The van der Waals surface area contributed by atoms with Crippen molar-refractivity contribution in [2.45, 2.75) is 87.2 Å². The number of alkyl halides is 1. The molecule has 0 aromatic heterocycles. The number of halogens is 1. The van der Waals surface area contributed by atoms with Crippen LogP contribution in [0.1, 0.15) is 54.5 Å². The summed E-state index contributed by atoms with van der Waals surface area (Å²) in [5, 5.41) is 13.9. The number of esters is 1. The highest BCUT2D eigenvalue weighted by atomic mass is 79.9. The van der Waals surface area contributed by atoms with Gasteiger partial charge in [-0.05, 0) is 68.4 Å². The fourth-order valence-corrected chi connectivity index (χ4v) is 9.62. The number of rotatable bonds is 16. The Balaban J connectivity index is 1.41. The number of anilines is 1. The number of benzene rings is 3. The molecule has 0 aliphatic carbocycles. The molecule has 6 rings (SSSR count). The number of hydrogen-bond acceptors (Lipinski definition) is 7. The van der Waals surface area contributed by atoms with Gasteiger partial charge in [0.2, 0.25) is 11.8 Å². The second kappa shape index (κ2) is 17.1. The van der Waals surface area contributed by atoms with E-state index in [-0.39, 0.29) is 42.4 Å². The number of hydrogen-bond donors (Lipinski definition) is 2. The highest BCUT2D eigenvalue weighted by Gasteiger charge is 2.77. The monoisotopic (exact) mass is 811 g/mol. The number of ether oxygens (including phenoxy) is 2. The van der Waals surface area contributed by atoms with Crippen LogP contribution in [-0.4, -0.2) is 81.5 Å². The van der Waals surface area contributed by atoms with Crippen LogP contribution in [0.4, 0.5) is 5.69 Å². The molecule has 55 heavy (non-hydrogen) atoms. The van der Waals surface area contributed by atoms with Crippen LogP contribution in [0.15, 0.2) is 104 Å². The number of nitrogens with one attached hydrogen (secondary N) is 1. The Bertz CT molecular complexity index is 1910. The largest absolute Gasteiger partial charge is 0.455 e. The van der Waals surface area contributed by atoms with Gasteiger partial charge in [-0.25, -0.2) is 0 Å². The molecule has 3 amide bonds. The topological polar surface area (TPSA) is 125 Å². The van der Waals surface area contributed by atoms with Crippen molar-refractivity contribution in [2.75, 3.05) is 18.1 Å². The molecule has 3 aromatic rings. The first-order valence-electron chi connectivity index (χ1n) is 18.9. The van der Waals surface area contributed by atoms with Crippen molar-refractivity contribution in [3.63, 3.8) is 0 Å². The lowest BCUT2D eigenvalue weighted by molar-refractivity contribution is -0.162. The van der Waals surface area contributed by atoms with Crippen LogP contribution in [0, 0.1) is 25.7 Å². The van der Waals surface area contributed by atoms with E-state index in [1.54, 1.807) is 24.0 Å². The van der Waals surface area contributed by atoms with E-state index >= 15 is 9.59 Å². The van der Waals surface area contributed by atoms with Crippen molar-refractivity contribution in [3.8, 4) is 0 Å². The van der Waals surface area contributed by atoms with Crippen LogP contribution in [0.5, 0.6) is 0 Å². The standard InChI is InChI=1S/C44H50BrN3O7/c1-6-8-19-35(50)46-29(5)38(31-17-13-10-14-18-31)54-43(53)36-37-41(51)48(32(26-49)24-30-15-11-9-12-16-30)40(44(37)25-33(45)39(36)55-44)42(52)47(22-7-2)34-23-27(3)20-21-28(34)4/h6-7,9-18,20-21,23,29,32-33,36-40,49H,1-2,8,19,22,24-26H2,3-5H3,(H,46,50)/t29-,32+,33?,36+,37-,38-,39+,40+,44-/m0/s1. The third-order valence-corrected chi connectivity index (χ3v) is 12.0. The maximum absolute atomic E-state index is 15.3. The average molecular weight is 813 g/mol. The first-order chi connectivity index (χ1) is 26.4. The van der Waals surface area contributed by atoms with Gasteiger partial charge in [-0.3, -0.25) is 19.2 Å². The van der Waals surface area contributed by atoms with Crippen LogP contribution in [-0.2, 0) is 35.1 Å². The Hall–Kier alpha value is -4.58. The van der Waals surface area contributed by atoms with Crippen molar-refractivity contribution >= 4 is 45.3 Å². The van der Waals surface area contributed by atoms with E-state index in [0.29, 0.717) is 17.7 Å². The van der Waals surface area contributed by atoms with Crippen LogP contribution >= 0.6 is 15.9 Å². The number of carbonyl (C=O) groups excluding carboxylic acids is 4. The van der Waals surface area contributed by atoms with E-state index in [4.69, 9.17) is 9.47 Å². The van der Waals surface area contributed by atoms with E-state index in [2.05, 4.69) is 34.4 Å². The SMILES string of the molecule is C=CCCC(=O)N[C@@H](C)[C@H](OC(=O)[C@H]1[C@@H]2O[C@@]3(CC2Br)[C@@H]1C(=O)N([C@@H](CO)Cc1ccccc1)[C@@H]3C(=O)N(CC=C)c1cc(C)ccc1C)c1ccccc1. The molecular formula is C44H50BrN3O7. The van der Waals surface area contributed by atoms with Crippen LogP contribution in [0.2, 0.25) is 0 Å². The Labute approximate surface area is 331 Å². The number of fused-ring (bicyclic) bond motifs is 1. The molecule has 10 nitrogen and oxygen atoms in total. The molecule has 1 unspecified atom stereocenters. The first kappa shape index (κ1) is 40.1. The number of likely N-dealkylation sites (tertiary alicyclic amines) is 1. The Kier molecular flexibility index (Phi) is 12.4. The molecule has 1 spiro atoms. The summed E-state index contributed by atoms with van der Waals surface area (Å²) >= 11 is 3.77. The summed E-state index contributed by atoms with van der Waals surface area (Å²) in [6, 6.07) is 21.9. The van der Waals surface area contributed by atoms with Crippen molar-refractivity contribution in [1.82, 2.24) is 10.2 Å². The summed E-state index contributed by atoms with van der Waals surface area (Å²) < 4.78 is 13.2. The molecule has 3 fully saturated rings. The Morgan fingerprint density at radius 2 is 1.76 bits per heavy atom. The van der Waals surface area contributed by atoms with Crippen molar-refractivity contribution < 1.29 is 33.8 Å². The molecular weight excluding hydrogens is 762 g/mol. The molecule has 3 aliphatic heterocycles. The van der Waals surface area contributed by atoms with Crippen LogP contribution in [0.3, 0.4) is 0 Å². The predicted octanol–water partition coefficient (Wildman–Crippen LogP) is 5.93. The predicted molar refractivity (Wildman–Crippen MR) is 214 cm³/mol. The van der Waals surface area contributed by atoms with Gasteiger partial charge in [0.1, 0.15) is 17.7 Å². The summed E-state index contributed by atoms with van der Waals surface area (Å²) in [7, 11) is 0. The number of allylic oxidation sites excluding steroid dienone is 1. The van der Waals surface area contributed by atoms with Gasteiger partial charge in [-0.1, -0.05) is 101 Å². The van der Waals surface area contributed by atoms with Gasteiger partial charge in [-0.2, -0.15) is 0 Å². The van der Waals surface area contributed by atoms with Crippen molar-refractivity contribution in [2.24, 2.45) is 11.8 Å². The number of nitrogens with zero attached hydrogens (tertiary/aromatic N) is 2. The minimum absolute atomic E-state index is 0.159. The number of aliphatic hydroxyl groups excluding tert-OH is 1. The fourth-order valence-electron chi connectivity index (χ4n) is 8.68. The molecule has 11 heteroatoms. The Morgan fingerprint density at radius 1 is 1.07 bits per heavy atom. The number of amides is 3. The van der Waals surface area contributed by atoms with Gasteiger partial charge < -0.3 is 29.7 Å². The second-order valence-electron chi connectivity index (χ2n) is 14.9. The van der Waals surface area contributed by atoms with Gasteiger partial charge >= 0.3 is 5.97 Å². The van der Waals surface area contributed by atoms with E-state index in [1.165, 1.54) is 4.90 Å². The van der Waals surface area contributed by atoms with Gasteiger partial charge in [0.05, 0.1) is 36.6 Å². The van der Waals surface area contributed by atoms with Crippen molar-refractivity contribution in [1.29, 1.82) is 0 Å². The highest BCUT2D eigenvalue weighted by molar-refractivity contribution is 9.09. The smallest absolute Gasteiger partial charge is 0.313 e. The number of carbonyl (C=O) groups is 4. The summed E-state index contributed by atoms with van der Waals surface area (Å²) in [6.07, 6.45) is 2.94. The van der Waals surface area contributed by atoms with Gasteiger partial charge in [-0.15, -0.1) is 13.2 Å². The summed E-state index contributed by atoms with van der Waals surface area (Å²) in [5.74, 6) is -3.86. The van der Waals surface area contributed by atoms with E-state index in [9.17, 15) is 14.7 Å². The summed E-state index contributed by atoms with van der Waals surface area (Å²) in [6.45, 7) is 13.0. The van der Waals surface area contributed by atoms with E-state index in [1.807, 2.05) is 92.7 Å². The third-order valence-electron chi connectivity index (χ3n) is 11.2. The van der Waals surface area contributed by atoms with Gasteiger partial charge in [0.15, 0.2) is 0 Å². The lowest BCUT2D eigenvalue weighted by atomic mass is 9.70. The maximum Gasteiger partial charge on any atom is 0.313 e. The zero-order valence-electron chi connectivity index (χ0n) is 31.6. The van der Waals surface area contributed by atoms with E-state index < -0.39 is 66.3 Å². The summed E-state index contributed by atoms with van der Waals surface area (Å²) in [5.41, 5.74) is 2.63. The molecule has 290 valence electrons. The molecule has 9 atom stereocenters. The van der Waals surface area contributed by atoms with Crippen molar-refractivity contribution in [3.05, 3.63) is 126 Å². The minimum Gasteiger partial charge on any atom is -0.455 e. The van der Waals surface area contributed by atoms with Crippen LogP contribution in [0.25, 0.3) is 0 Å². The van der Waals surface area contributed by atoms with E-state index in [0.717, 1.165) is 16.7 Å². The van der Waals surface area contributed by atoms with Gasteiger partial charge in [0, 0.05) is 23.5 Å². The molecule has 0 radical (unpaired) electrons. The Morgan fingerprint density at radius 3 is 2.42 bits per heavy atom. The summed E-state index contributed by atoms with van der Waals surface area (Å²) in [4.78, 5) is 60.6. The third kappa shape index (κ3) is 7.79. The molecule has 2 N–H and O–H groups in total. The molecule has 2 bridgehead atoms. The molecule has 3 saturated heterocycles. The maximum atomic E-state index is 15.3. The molecule has 3 aromatic carbocycles. The number of aliphatic hydroxyl groups is 1. The second-order valence-corrected chi connectivity index (χ2v) is 16.1. The fraction of sp³-hybridized carbons (Fsp3) is 0.409. The number of aryl methyl sites for hydroxylation is 2. The zero-order valence-corrected chi connectivity index (χ0v) is 33.2.